The van der Waals surface area contributed by atoms with Crippen molar-refractivity contribution in [3.05, 3.63) is 62.7 Å². The molecule has 2 aliphatic carbocycles. The van der Waals surface area contributed by atoms with Crippen molar-refractivity contribution in [2.45, 2.75) is 20.8 Å². The van der Waals surface area contributed by atoms with Crippen LogP contribution in [0.5, 0.6) is 0 Å². The Morgan fingerprint density at radius 2 is 0.818 bits per heavy atom. The van der Waals surface area contributed by atoms with Gasteiger partial charge in [-0.2, -0.15) is 0 Å². The minimum atomic E-state index is 0. The summed E-state index contributed by atoms with van der Waals surface area (Å²) in [5.41, 5.74) is 0. The zero-order chi connectivity index (χ0) is 16.8. The molecule has 0 aliphatic heterocycles. The standard InChI is InChI=1S/C7H9.C6H7.2C3H9P.Mn/c1-6-4-3-5-7(6)2;1-6-4-2-3-5-6;2*1-4(2)3;/h3-5H,1-2H3;2-5H,1H3;2*1-3H3;. The fraction of sp³-hybridized carbons (Fsp3) is 0.474. The Balaban J connectivity index is -0.000000223. The van der Waals surface area contributed by atoms with Crippen molar-refractivity contribution in [2.24, 2.45) is 0 Å². The molecule has 0 aromatic rings. The van der Waals surface area contributed by atoms with E-state index in [0.717, 1.165) is 0 Å². The fourth-order valence-electron chi connectivity index (χ4n) is 1.07. The molecule has 22 heavy (non-hydrogen) atoms. The van der Waals surface area contributed by atoms with Gasteiger partial charge < -0.3 is 0 Å². The molecule has 0 bridgehead atoms. The summed E-state index contributed by atoms with van der Waals surface area (Å²) in [6.45, 7) is 19.7. The van der Waals surface area contributed by atoms with Gasteiger partial charge in [-0.3, -0.25) is 0 Å². The summed E-state index contributed by atoms with van der Waals surface area (Å²) in [7, 11) is 0.759. The smallest absolute Gasteiger partial charge is 0 e. The van der Waals surface area contributed by atoms with E-state index >= 15 is 0 Å². The van der Waals surface area contributed by atoms with Crippen molar-refractivity contribution in [3.63, 3.8) is 0 Å². The van der Waals surface area contributed by atoms with Gasteiger partial charge in [0.25, 0.3) is 0 Å². The molecule has 3 heteroatoms. The maximum Gasteiger partial charge on any atom is 0 e. The predicted molar refractivity (Wildman–Crippen MR) is 106 cm³/mol. The number of hydrogen-bond acceptors (Lipinski definition) is 0. The molecule has 0 aromatic carbocycles. The van der Waals surface area contributed by atoms with E-state index in [1.165, 1.54) is 17.8 Å². The van der Waals surface area contributed by atoms with Gasteiger partial charge in [-0.05, 0) is 103 Å². The Hall–Kier alpha value is 1.38. The topological polar surface area (TPSA) is 0 Å². The Kier molecular flexibility index (Phi) is 24.0. The van der Waals surface area contributed by atoms with Crippen LogP contribution >= 0.6 is 15.8 Å². The second kappa shape index (κ2) is 18.7. The molecule has 0 aromatic heterocycles. The minimum Gasteiger partial charge on any atom is -0.116 e. The van der Waals surface area contributed by atoms with Gasteiger partial charge >= 0.3 is 0 Å². The Morgan fingerprint density at radius 1 is 0.545 bits per heavy atom. The molecule has 2 aliphatic rings. The first-order valence-corrected chi connectivity index (χ1v) is 12.6. The average molecular weight is 379 g/mol. The summed E-state index contributed by atoms with van der Waals surface area (Å²) in [5, 5.41) is 0. The van der Waals surface area contributed by atoms with E-state index in [4.69, 9.17) is 0 Å². The molecule has 0 spiro atoms. The van der Waals surface area contributed by atoms with Crippen LogP contribution in [0, 0.1) is 62.7 Å². The van der Waals surface area contributed by atoms with Crippen molar-refractivity contribution in [2.75, 3.05) is 40.0 Å². The van der Waals surface area contributed by atoms with Gasteiger partial charge in [0, 0.05) is 17.1 Å². The van der Waals surface area contributed by atoms with Crippen LogP contribution in [-0.4, -0.2) is 40.0 Å². The maximum absolute atomic E-state index is 2.23. The van der Waals surface area contributed by atoms with Crippen LogP contribution in [0.2, 0.25) is 0 Å². The molecule has 0 heterocycles. The second-order valence-electron chi connectivity index (χ2n) is 6.04. The predicted octanol–water partition coefficient (Wildman–Crippen LogP) is 5.93. The molecule has 0 atom stereocenters. The molecule has 2 saturated carbocycles. The van der Waals surface area contributed by atoms with Crippen molar-refractivity contribution < 1.29 is 17.1 Å². The van der Waals surface area contributed by atoms with Gasteiger partial charge in [0.2, 0.25) is 0 Å². The van der Waals surface area contributed by atoms with E-state index in [-0.39, 0.29) is 17.1 Å². The van der Waals surface area contributed by atoms with Crippen LogP contribution < -0.4 is 0 Å². The quantitative estimate of drug-likeness (QED) is 0.362. The van der Waals surface area contributed by atoms with Gasteiger partial charge in [0.05, 0.1) is 0 Å². The van der Waals surface area contributed by atoms with Crippen molar-refractivity contribution in [3.8, 4) is 0 Å². The third-order valence-corrected chi connectivity index (χ3v) is 2.14. The number of rotatable bonds is 0. The summed E-state index contributed by atoms with van der Waals surface area (Å²) in [5.74, 6) is 4.12. The van der Waals surface area contributed by atoms with Crippen molar-refractivity contribution in [1.82, 2.24) is 0 Å². The summed E-state index contributed by atoms with van der Waals surface area (Å²) in [6.07, 6.45) is 14.6. The average Bonchev–Trinajstić information content (AvgIpc) is 2.91. The van der Waals surface area contributed by atoms with Crippen LogP contribution in [0.1, 0.15) is 20.8 Å². The fourth-order valence-corrected chi connectivity index (χ4v) is 1.07. The zero-order valence-electron chi connectivity index (χ0n) is 15.8. The molecule has 127 valence electrons. The minimum absolute atomic E-state index is 0. The molecular weight excluding hydrogens is 345 g/mol. The van der Waals surface area contributed by atoms with E-state index in [1.54, 1.807) is 0 Å². The summed E-state index contributed by atoms with van der Waals surface area (Å²) in [6, 6.07) is 0. The number of hydrogen-bond donors (Lipinski definition) is 0. The third kappa shape index (κ3) is 26.3. The molecule has 0 nitrogen and oxygen atoms in total. The molecule has 0 saturated heterocycles. The SMILES string of the molecule is CP(C)C.CP(C)C.C[C]1[CH][CH][CH][CH]1.C[C]1[CH][CH][CH][C]1C.[Mn]. The van der Waals surface area contributed by atoms with Crippen LogP contribution in [-0.2, 0) is 17.1 Å². The van der Waals surface area contributed by atoms with Crippen LogP contribution in [0.15, 0.2) is 0 Å². The first-order valence-electron chi connectivity index (χ1n) is 7.25. The largest absolute Gasteiger partial charge is 0.116 e. The summed E-state index contributed by atoms with van der Waals surface area (Å²) in [4.78, 5) is 0. The molecule has 2 rings (SSSR count). The first kappa shape index (κ1) is 28.2. The molecule has 0 unspecified atom stereocenters. The second-order valence-corrected chi connectivity index (χ2v) is 11.4. The zero-order valence-corrected chi connectivity index (χ0v) is 18.8. The Labute approximate surface area is 156 Å². The van der Waals surface area contributed by atoms with E-state index < -0.39 is 0 Å². The van der Waals surface area contributed by atoms with E-state index in [9.17, 15) is 0 Å². The monoisotopic (exact) mass is 379 g/mol. The van der Waals surface area contributed by atoms with E-state index in [2.05, 4.69) is 92.9 Å². The van der Waals surface area contributed by atoms with Crippen molar-refractivity contribution >= 4 is 15.8 Å². The van der Waals surface area contributed by atoms with Gasteiger partial charge in [-0.1, -0.05) is 20.8 Å². The van der Waals surface area contributed by atoms with E-state index in [0.29, 0.717) is 15.8 Å². The van der Waals surface area contributed by atoms with Gasteiger partial charge in [-0.15, -0.1) is 15.8 Å². The van der Waals surface area contributed by atoms with Gasteiger partial charge in [-0.25, -0.2) is 0 Å². The molecular formula is C19H34MnP2. The van der Waals surface area contributed by atoms with Crippen LogP contribution in [0.4, 0.5) is 0 Å². The summed E-state index contributed by atoms with van der Waals surface area (Å²) < 4.78 is 0. The molecule has 0 amide bonds. The summed E-state index contributed by atoms with van der Waals surface area (Å²) >= 11 is 0. The molecule has 2 fully saturated rings. The Bertz CT molecular complexity index is 182. The maximum atomic E-state index is 2.23. The first-order chi connectivity index (χ1) is 9.66. The Morgan fingerprint density at radius 3 is 0.909 bits per heavy atom. The third-order valence-electron chi connectivity index (χ3n) is 2.14. The van der Waals surface area contributed by atoms with Gasteiger partial charge in [0.1, 0.15) is 0 Å². The van der Waals surface area contributed by atoms with Crippen LogP contribution in [0.25, 0.3) is 0 Å². The van der Waals surface area contributed by atoms with Crippen molar-refractivity contribution in [1.29, 1.82) is 0 Å². The molecule has 11 radical (unpaired) electrons. The normalized spacial score (nSPS) is 18.7. The van der Waals surface area contributed by atoms with Gasteiger partial charge in [0.15, 0.2) is 0 Å². The van der Waals surface area contributed by atoms with Crippen LogP contribution in [0.3, 0.4) is 0 Å². The molecule has 0 N–H and O–H groups in total. The van der Waals surface area contributed by atoms with E-state index in [1.807, 2.05) is 12.8 Å².